The van der Waals surface area contributed by atoms with Crippen molar-refractivity contribution in [3.8, 4) is 45.3 Å². The van der Waals surface area contributed by atoms with Gasteiger partial charge in [0.2, 0.25) is 0 Å². The van der Waals surface area contributed by atoms with Crippen LogP contribution in [0, 0.1) is 10.7 Å². The van der Waals surface area contributed by atoms with Crippen LogP contribution in [0.5, 0.6) is 11.6 Å². The number of rotatable bonds is 9. The van der Waals surface area contributed by atoms with Crippen LogP contribution in [0.3, 0.4) is 0 Å². The Kier molecular flexibility index (Phi) is 8.81. The van der Waals surface area contributed by atoms with Crippen molar-refractivity contribution >= 4 is 46.4 Å². The fraction of sp³-hybridized carbons (Fsp3) is 0.0847. The van der Waals surface area contributed by atoms with Gasteiger partial charge >= 0.3 is 325 Å². The zero-order valence-electron chi connectivity index (χ0n) is 44.9. The van der Waals surface area contributed by atoms with Crippen molar-refractivity contribution in [1.82, 2.24) is 14.1 Å². The number of aromatic nitrogens is 3. The molecule has 1 aliphatic heterocycles. The Balaban J connectivity index is 1.05. The second-order valence-electron chi connectivity index (χ2n) is 17.4. The number of aryl methyl sites for hydroxylation is 1. The van der Waals surface area contributed by atoms with Gasteiger partial charge in [-0.2, -0.15) is 0 Å². The first kappa shape index (κ1) is 33.9. The molecule has 0 bridgehead atoms. The van der Waals surface area contributed by atoms with Crippen molar-refractivity contribution in [2.75, 3.05) is 9.62 Å². The summed E-state index contributed by atoms with van der Waals surface area (Å²) in [7, 11) is 0. The predicted octanol–water partition coefficient (Wildman–Crippen LogP) is 14.3. The van der Waals surface area contributed by atoms with E-state index in [-0.39, 0.29) is 34.4 Å². The summed E-state index contributed by atoms with van der Waals surface area (Å²) < 4.78 is 82.0. The maximum absolute atomic E-state index is 9.17. The molecule has 0 atom stereocenters. The van der Waals surface area contributed by atoms with Crippen LogP contribution in [0.1, 0.15) is 42.9 Å². The minimum atomic E-state index is -2.38. The Morgan fingerprint density at radius 2 is 1.19 bits per heavy atom. The van der Waals surface area contributed by atoms with Crippen LogP contribution >= 0.6 is 0 Å². The Labute approximate surface area is 414 Å². The SMILES string of the molecule is [2H]c1c([2H])c([2H])c(B2N(c3ccccc3)c3ccccc3N2c2cccc(Oc3cccc(-n4[c](=[Pt])n(-c5c(-c6ccccc6)cc(C([2H])([2H])[2H])cc5-c5cccc(C(C)(C)C)c5)c5ccccc54)c3)n2)c([2H])c1[2H]. The van der Waals surface area contributed by atoms with Crippen LogP contribution in [-0.2, 0) is 24.8 Å². The molecule has 0 saturated heterocycles. The third kappa shape index (κ3) is 7.83. The second kappa shape index (κ2) is 17.4. The smallest absolute Gasteiger partial charge is 0.0623 e. The van der Waals surface area contributed by atoms with Crippen molar-refractivity contribution in [3.63, 3.8) is 0 Å². The predicted molar refractivity (Wildman–Crippen MR) is 273 cm³/mol. The molecule has 67 heavy (non-hydrogen) atoms. The van der Waals surface area contributed by atoms with Crippen LogP contribution < -0.4 is 19.8 Å². The van der Waals surface area contributed by atoms with Crippen LogP contribution in [0.15, 0.2) is 218 Å². The van der Waals surface area contributed by atoms with E-state index >= 15 is 0 Å². The Bertz CT molecular complexity index is 3890. The third-order valence-corrected chi connectivity index (χ3v) is 13.1. The maximum atomic E-state index is 9.17. The largest absolute Gasteiger partial charge is 0.0637 e. The molecule has 11 rings (SSSR count). The molecule has 1 aliphatic rings. The fourth-order valence-electron chi connectivity index (χ4n) is 9.07. The molecule has 8 aromatic carbocycles. The van der Waals surface area contributed by atoms with E-state index < -0.39 is 32.0 Å². The van der Waals surface area contributed by atoms with Gasteiger partial charge < -0.3 is 0 Å². The van der Waals surface area contributed by atoms with E-state index in [0.717, 1.165) is 71.1 Å². The minimum Gasteiger partial charge on any atom is -0.0637 e. The monoisotopic (exact) mass is 1060 g/mol. The summed E-state index contributed by atoms with van der Waals surface area (Å²) in [6, 6.07) is 58.7. The zero-order chi connectivity index (χ0) is 52.5. The van der Waals surface area contributed by atoms with Crippen molar-refractivity contribution in [2.24, 2.45) is 0 Å². The van der Waals surface area contributed by atoms with E-state index in [2.05, 4.69) is 79.6 Å². The molecule has 328 valence electrons. The summed E-state index contributed by atoms with van der Waals surface area (Å²) in [6.45, 7) is 3.20. The zero-order valence-corrected chi connectivity index (χ0v) is 39.2. The number of nitrogens with zero attached hydrogens (tertiary/aromatic N) is 5. The molecular weight excluding hydrogens is 1000 g/mol. The average Bonchev–Trinajstić information content (AvgIpc) is 3.91. The third-order valence-electron chi connectivity index (χ3n) is 12.1. The van der Waals surface area contributed by atoms with Crippen LogP contribution in [0.25, 0.3) is 44.7 Å². The Hall–Kier alpha value is -7.47. The van der Waals surface area contributed by atoms with Gasteiger partial charge in [0.05, 0.1) is 6.85 Å². The second-order valence-corrected chi connectivity index (χ2v) is 18.4. The molecule has 0 spiro atoms. The molecule has 0 N–H and O–H groups in total. The van der Waals surface area contributed by atoms with Crippen LogP contribution in [-0.4, -0.2) is 21.1 Å². The standard InChI is InChI=1S/C59H48BN5O.Pt/c1-42-37-50(43-21-8-5-9-22-43)58(51(38-42)44-23-18-24-45(39-44)59(2,3)4)63-41-62(52-31-14-15-32-53(52)63)48-29-19-30-49(40-48)66-57-36-20-35-56(61-57)65-55-34-17-16-33-54(55)64(47-27-12-7-13-28-47)60(65)46-25-10-6-11-26-46;/h5-40H,1-4H3;/i1D3,6D,10D,11D,25D,26D;. The van der Waals surface area contributed by atoms with Gasteiger partial charge in [0.1, 0.15) is 0 Å². The molecule has 6 nitrogen and oxygen atoms in total. The van der Waals surface area contributed by atoms with Gasteiger partial charge in [-0.25, -0.2) is 0 Å². The van der Waals surface area contributed by atoms with Gasteiger partial charge in [-0.1, -0.05) is 60.5 Å². The fourth-order valence-corrected chi connectivity index (χ4v) is 10.2. The summed E-state index contributed by atoms with van der Waals surface area (Å²) in [4.78, 5) is 8.96. The van der Waals surface area contributed by atoms with E-state index in [0.29, 0.717) is 11.6 Å². The topological polar surface area (TPSA) is 38.5 Å². The normalized spacial score (nSPS) is 14.4. The number of para-hydroxylation sites is 5. The van der Waals surface area contributed by atoms with Crippen LogP contribution in [0.2, 0.25) is 0 Å². The molecule has 10 aromatic rings. The first-order valence-electron chi connectivity index (χ1n) is 26.1. The molecule has 0 aliphatic carbocycles. The number of ether oxygens (including phenoxy) is 1. The number of anilines is 4. The number of hydrogen-bond acceptors (Lipinski definition) is 4. The Morgan fingerprint density at radius 3 is 1.93 bits per heavy atom. The molecule has 0 radical (unpaired) electrons. The summed E-state index contributed by atoms with van der Waals surface area (Å²) >= 11 is 2.37. The van der Waals surface area contributed by atoms with E-state index in [4.69, 9.17) is 17.9 Å². The first-order valence-corrected chi connectivity index (χ1v) is 23.2. The molecule has 0 amide bonds. The van der Waals surface area contributed by atoms with Gasteiger partial charge in [0.15, 0.2) is 0 Å². The van der Waals surface area contributed by atoms with Gasteiger partial charge in [0, 0.05) is 5.69 Å². The molecular formula is C59H48BN5OPt. The quantitative estimate of drug-likeness (QED) is 0.135. The molecule has 0 unspecified atom stereocenters. The number of pyridine rings is 1. The molecule has 3 heterocycles. The first-order chi connectivity index (χ1) is 36.0. The molecule has 2 aromatic heterocycles. The summed E-state index contributed by atoms with van der Waals surface area (Å²) in [5.74, 6) is 1.20. The average molecular weight is 1060 g/mol. The van der Waals surface area contributed by atoms with E-state index in [1.165, 1.54) is 0 Å². The van der Waals surface area contributed by atoms with Crippen molar-refractivity contribution < 1.29 is 35.1 Å². The van der Waals surface area contributed by atoms with E-state index in [9.17, 15) is 2.74 Å². The van der Waals surface area contributed by atoms with E-state index in [1.54, 1.807) is 6.07 Å². The molecule has 0 saturated carbocycles. The number of imidazole rings is 1. The summed E-state index contributed by atoms with van der Waals surface area (Å²) in [6.07, 6.45) is 0. The maximum Gasteiger partial charge on any atom is 0.0623 e. The minimum absolute atomic E-state index is 0.0994. The van der Waals surface area contributed by atoms with Gasteiger partial charge in [-0.15, -0.1) is 0 Å². The number of benzene rings is 8. The van der Waals surface area contributed by atoms with Gasteiger partial charge in [-0.05, 0) is 18.2 Å². The Morgan fingerprint density at radius 1 is 0.582 bits per heavy atom. The van der Waals surface area contributed by atoms with Gasteiger partial charge in [0.25, 0.3) is 0 Å². The molecule has 0 fully saturated rings. The number of hydrogen-bond donors (Lipinski definition) is 0. The summed E-state index contributed by atoms with van der Waals surface area (Å²) in [5.41, 5.74) is 10.3. The van der Waals surface area contributed by atoms with Crippen molar-refractivity contribution in [1.29, 1.82) is 0 Å². The molecule has 8 heteroatoms. The van der Waals surface area contributed by atoms with Crippen molar-refractivity contribution in [2.45, 2.75) is 33.0 Å². The van der Waals surface area contributed by atoms with Crippen LogP contribution in [0.4, 0.5) is 22.9 Å². The van der Waals surface area contributed by atoms with Gasteiger partial charge in [-0.3, -0.25) is 0 Å². The summed E-state index contributed by atoms with van der Waals surface area (Å²) in [5, 5.41) is 0. The van der Waals surface area contributed by atoms with E-state index in [1.807, 2.05) is 161 Å². The number of fused-ring (bicyclic) bond motifs is 2. The van der Waals surface area contributed by atoms with Crippen molar-refractivity contribution in [3.05, 3.63) is 233 Å².